The summed E-state index contributed by atoms with van der Waals surface area (Å²) in [7, 11) is 1.67. The number of urea groups is 1. The topological polar surface area (TPSA) is 82.2 Å². The molecule has 36 heavy (non-hydrogen) atoms. The van der Waals surface area contributed by atoms with Gasteiger partial charge >= 0.3 is 6.03 Å². The van der Waals surface area contributed by atoms with Gasteiger partial charge in [0.15, 0.2) is 0 Å². The van der Waals surface area contributed by atoms with Crippen LogP contribution >= 0.6 is 0 Å². The zero-order valence-electron chi connectivity index (χ0n) is 22.5. The summed E-state index contributed by atoms with van der Waals surface area (Å²) in [6, 6.07) is 7.28. The van der Waals surface area contributed by atoms with Crippen LogP contribution in [-0.4, -0.2) is 78.5 Å². The molecule has 0 aliphatic carbocycles. The van der Waals surface area contributed by atoms with Gasteiger partial charge in [0.1, 0.15) is 6.54 Å². The third-order valence-corrected chi connectivity index (χ3v) is 7.26. The lowest BCUT2D eigenvalue weighted by Crippen LogP contribution is -2.46. The fourth-order valence-corrected chi connectivity index (χ4v) is 5.19. The average molecular weight is 497 g/mol. The molecule has 2 unspecified atom stereocenters. The molecular weight excluding hydrogens is 456 g/mol. The zero-order valence-corrected chi connectivity index (χ0v) is 22.5. The smallest absolute Gasteiger partial charge is 0.322 e. The quantitative estimate of drug-likeness (QED) is 0.627. The highest BCUT2D eigenvalue weighted by Gasteiger charge is 2.43. The van der Waals surface area contributed by atoms with Crippen molar-refractivity contribution in [3.63, 3.8) is 0 Å². The monoisotopic (exact) mass is 496 g/mol. The van der Waals surface area contributed by atoms with Crippen LogP contribution in [0.15, 0.2) is 35.5 Å². The molecule has 0 radical (unpaired) electrons. The number of hydrogen-bond acceptors (Lipinski definition) is 4. The van der Waals surface area contributed by atoms with Gasteiger partial charge in [-0.15, -0.1) is 0 Å². The summed E-state index contributed by atoms with van der Waals surface area (Å²) in [5, 5.41) is 2.98. The van der Waals surface area contributed by atoms with Gasteiger partial charge in [-0.3, -0.25) is 14.5 Å². The molecule has 3 heterocycles. The molecule has 1 fully saturated rings. The molecule has 0 aromatic heterocycles. The molecule has 1 saturated heterocycles. The molecule has 1 N–H and O–H groups in total. The van der Waals surface area contributed by atoms with Gasteiger partial charge in [-0.25, -0.2) is 4.79 Å². The van der Waals surface area contributed by atoms with Crippen LogP contribution in [0.2, 0.25) is 0 Å². The Hall–Kier alpha value is -2.87. The van der Waals surface area contributed by atoms with Gasteiger partial charge in [0.2, 0.25) is 5.91 Å². The Labute approximate surface area is 214 Å². The first-order valence-corrected chi connectivity index (χ1v) is 13.0. The van der Waals surface area contributed by atoms with Crippen molar-refractivity contribution in [2.24, 2.45) is 5.92 Å². The van der Waals surface area contributed by atoms with Crippen LogP contribution < -0.4 is 5.32 Å². The van der Waals surface area contributed by atoms with E-state index < -0.39 is 6.04 Å². The summed E-state index contributed by atoms with van der Waals surface area (Å²) < 4.78 is 5.77. The second kappa shape index (κ2) is 10.2. The largest absolute Gasteiger partial charge is 0.376 e. The Bertz CT molecular complexity index is 1030. The highest BCUT2D eigenvalue weighted by atomic mass is 16.5. The number of ether oxygens (including phenoxy) is 1. The number of likely N-dealkylation sites (N-methyl/N-ethyl adjacent to an activating group) is 1. The van der Waals surface area contributed by atoms with Crippen LogP contribution in [0.4, 0.5) is 4.79 Å². The number of amides is 4. The molecule has 3 aliphatic rings. The van der Waals surface area contributed by atoms with E-state index in [9.17, 15) is 14.4 Å². The number of rotatable bonds is 7. The van der Waals surface area contributed by atoms with Gasteiger partial charge in [0.05, 0.1) is 30.0 Å². The Kier molecular flexibility index (Phi) is 7.46. The Balaban J connectivity index is 1.53. The minimum absolute atomic E-state index is 0.00469. The first kappa shape index (κ1) is 26.2. The number of nitrogens with zero attached hydrogens (tertiary/aromatic N) is 3. The third-order valence-electron chi connectivity index (χ3n) is 7.26. The normalized spacial score (nSPS) is 22.4. The Morgan fingerprint density at radius 3 is 2.47 bits per heavy atom. The van der Waals surface area contributed by atoms with Crippen molar-refractivity contribution in [2.45, 2.75) is 65.0 Å². The van der Waals surface area contributed by atoms with Crippen molar-refractivity contribution in [3.8, 4) is 0 Å². The molecule has 4 rings (SSSR count). The number of hydrogen-bond donors (Lipinski definition) is 1. The van der Waals surface area contributed by atoms with Crippen LogP contribution in [0.1, 0.15) is 64.6 Å². The van der Waals surface area contributed by atoms with Crippen molar-refractivity contribution < 1.29 is 19.1 Å². The molecule has 0 spiro atoms. The second-order valence-corrected chi connectivity index (χ2v) is 11.7. The fourth-order valence-electron chi connectivity index (χ4n) is 5.19. The van der Waals surface area contributed by atoms with Crippen LogP contribution in [0.25, 0.3) is 0 Å². The summed E-state index contributed by atoms with van der Waals surface area (Å²) in [5.41, 5.74) is 3.25. The lowest BCUT2D eigenvalue weighted by atomic mass is 9.85. The Morgan fingerprint density at radius 1 is 1.19 bits per heavy atom. The highest BCUT2D eigenvalue weighted by Crippen LogP contribution is 2.36. The van der Waals surface area contributed by atoms with E-state index in [1.807, 2.05) is 17.0 Å². The van der Waals surface area contributed by atoms with E-state index in [1.54, 1.807) is 11.9 Å². The number of benzene rings is 1. The van der Waals surface area contributed by atoms with Crippen LogP contribution in [0, 0.1) is 5.92 Å². The van der Waals surface area contributed by atoms with Gasteiger partial charge < -0.3 is 19.9 Å². The van der Waals surface area contributed by atoms with Gasteiger partial charge in [0, 0.05) is 26.7 Å². The average Bonchev–Trinajstić information content (AvgIpc) is 3.43. The molecular formula is C28H40N4O4. The van der Waals surface area contributed by atoms with Crippen LogP contribution in [-0.2, 0) is 19.7 Å². The summed E-state index contributed by atoms with van der Waals surface area (Å²) in [6.45, 7) is 12.8. The van der Waals surface area contributed by atoms with E-state index in [0.717, 1.165) is 25.0 Å². The minimum Gasteiger partial charge on any atom is -0.376 e. The van der Waals surface area contributed by atoms with E-state index in [0.29, 0.717) is 30.3 Å². The maximum absolute atomic E-state index is 13.6. The predicted molar refractivity (Wildman–Crippen MR) is 138 cm³/mol. The summed E-state index contributed by atoms with van der Waals surface area (Å²) in [6.07, 6.45) is 2.03. The molecule has 0 bridgehead atoms. The second-order valence-electron chi connectivity index (χ2n) is 11.7. The van der Waals surface area contributed by atoms with E-state index in [4.69, 9.17) is 4.74 Å². The van der Waals surface area contributed by atoms with Gasteiger partial charge in [0.25, 0.3) is 5.91 Å². The Morgan fingerprint density at radius 2 is 1.89 bits per heavy atom. The van der Waals surface area contributed by atoms with E-state index >= 15 is 0 Å². The van der Waals surface area contributed by atoms with Crippen molar-refractivity contribution >= 4 is 17.8 Å². The maximum atomic E-state index is 13.6. The fraction of sp³-hybridized carbons (Fsp3) is 0.607. The molecule has 4 amide bonds. The minimum atomic E-state index is -0.538. The van der Waals surface area contributed by atoms with E-state index in [1.165, 1.54) is 10.5 Å². The molecule has 196 valence electrons. The summed E-state index contributed by atoms with van der Waals surface area (Å²) in [5.74, 6) is 0.0292. The maximum Gasteiger partial charge on any atom is 0.322 e. The SMILES string of the molecule is CC(C)CN(CC1CCCO1)C(=O)CN1CC2=C(C1=O)C(c1ccc(C(C)(C)C)cc1)NC(=O)N2C. The number of carbonyl (C=O) groups excluding carboxylic acids is 3. The summed E-state index contributed by atoms with van der Waals surface area (Å²) >= 11 is 0. The van der Waals surface area contributed by atoms with Crippen LogP contribution in [0.3, 0.4) is 0 Å². The van der Waals surface area contributed by atoms with Crippen LogP contribution in [0.5, 0.6) is 0 Å². The van der Waals surface area contributed by atoms with Crippen molar-refractivity contribution in [1.82, 2.24) is 20.0 Å². The molecule has 8 nitrogen and oxygen atoms in total. The highest BCUT2D eigenvalue weighted by molar-refractivity contribution is 6.02. The molecule has 0 saturated carbocycles. The summed E-state index contributed by atoms with van der Waals surface area (Å²) in [4.78, 5) is 44.7. The molecule has 1 aromatic carbocycles. The number of nitrogens with one attached hydrogen (secondary N) is 1. The van der Waals surface area contributed by atoms with Gasteiger partial charge in [-0.1, -0.05) is 58.9 Å². The standard InChI is InChI=1S/C28H40N4O4/c1-18(2)14-31(15-21-8-7-13-36-21)23(33)17-32-16-22-24(26(32)34)25(29-27(35)30(22)6)19-9-11-20(12-10-19)28(3,4)5/h9-12,18,21,25H,7-8,13-17H2,1-6H3,(H,29,35). The lowest BCUT2D eigenvalue weighted by Gasteiger charge is -2.31. The number of carbonyl (C=O) groups is 3. The van der Waals surface area contributed by atoms with Gasteiger partial charge in [-0.2, -0.15) is 0 Å². The third kappa shape index (κ3) is 5.43. The lowest BCUT2D eigenvalue weighted by molar-refractivity contribution is -0.139. The van der Waals surface area contributed by atoms with Crippen molar-refractivity contribution in [2.75, 3.05) is 39.8 Å². The predicted octanol–water partition coefficient (Wildman–Crippen LogP) is 3.44. The zero-order chi connectivity index (χ0) is 26.2. The molecule has 2 atom stereocenters. The molecule has 3 aliphatic heterocycles. The van der Waals surface area contributed by atoms with Crippen molar-refractivity contribution in [3.05, 3.63) is 46.7 Å². The van der Waals surface area contributed by atoms with E-state index in [2.05, 4.69) is 52.1 Å². The van der Waals surface area contributed by atoms with Crippen molar-refractivity contribution in [1.29, 1.82) is 0 Å². The molecule has 1 aromatic rings. The van der Waals surface area contributed by atoms with Gasteiger partial charge in [-0.05, 0) is 35.3 Å². The first-order chi connectivity index (χ1) is 17.0. The first-order valence-electron chi connectivity index (χ1n) is 13.0. The van der Waals surface area contributed by atoms with E-state index in [-0.39, 0.29) is 42.5 Å². The molecule has 8 heteroatoms.